The van der Waals surface area contributed by atoms with Crippen molar-refractivity contribution in [3.05, 3.63) is 29.2 Å². The van der Waals surface area contributed by atoms with E-state index in [2.05, 4.69) is 19.7 Å². The molecular weight excluding hydrogens is 288 g/mol. The van der Waals surface area contributed by atoms with Gasteiger partial charge in [0.2, 0.25) is 0 Å². The minimum Gasteiger partial charge on any atom is -0.478 e. The first kappa shape index (κ1) is 14.1. The molecule has 0 amide bonds. The van der Waals surface area contributed by atoms with Crippen LogP contribution < -0.4 is 0 Å². The van der Waals surface area contributed by atoms with Gasteiger partial charge in [0.05, 0.1) is 5.56 Å². The molecule has 6 nitrogen and oxygen atoms in total. The molecule has 1 aliphatic heterocycles. The second-order valence-electron chi connectivity index (χ2n) is 5.08. The van der Waals surface area contributed by atoms with Gasteiger partial charge in [-0.05, 0) is 43.2 Å². The van der Waals surface area contributed by atoms with Gasteiger partial charge in [0.15, 0.2) is 5.16 Å². The lowest BCUT2D eigenvalue weighted by Gasteiger charge is -2.08. The lowest BCUT2D eigenvalue weighted by atomic mass is 10.2. The third-order valence-electron chi connectivity index (χ3n) is 3.60. The van der Waals surface area contributed by atoms with Crippen molar-refractivity contribution in [1.29, 1.82) is 0 Å². The van der Waals surface area contributed by atoms with Crippen LogP contribution in [-0.4, -0.2) is 30.8 Å². The fraction of sp³-hybridized carbons (Fsp3) is 0.429. The minimum absolute atomic E-state index is 0.244. The van der Waals surface area contributed by atoms with Crippen LogP contribution in [0.1, 0.15) is 41.0 Å². The third kappa shape index (κ3) is 2.78. The highest BCUT2D eigenvalue weighted by Gasteiger charge is 2.20. The SMILES string of the molecule is Cc1ccnc(Sc2nnc3n2CCCCC3)c1C(=O)O. The molecule has 21 heavy (non-hydrogen) atoms. The molecule has 1 aliphatic rings. The van der Waals surface area contributed by atoms with Crippen molar-refractivity contribution in [2.45, 2.75) is 49.3 Å². The molecular formula is C14H16N4O2S. The summed E-state index contributed by atoms with van der Waals surface area (Å²) < 4.78 is 2.09. The second-order valence-corrected chi connectivity index (χ2v) is 6.03. The maximum atomic E-state index is 11.4. The first-order valence-corrected chi connectivity index (χ1v) is 7.77. The fourth-order valence-corrected chi connectivity index (χ4v) is 3.52. The summed E-state index contributed by atoms with van der Waals surface area (Å²) in [5.41, 5.74) is 0.948. The molecule has 1 N–H and O–H groups in total. The van der Waals surface area contributed by atoms with E-state index in [1.54, 1.807) is 19.2 Å². The number of hydrogen-bond acceptors (Lipinski definition) is 5. The standard InChI is InChI=1S/C14H16N4O2S/c1-9-6-7-15-12(11(9)13(19)20)21-14-17-16-10-5-3-2-4-8-18(10)14/h6-7H,2-5,8H2,1H3,(H,19,20). The lowest BCUT2D eigenvalue weighted by Crippen LogP contribution is -2.06. The molecule has 0 spiro atoms. The van der Waals surface area contributed by atoms with Crippen molar-refractivity contribution < 1.29 is 9.90 Å². The van der Waals surface area contributed by atoms with Crippen LogP contribution in [0.25, 0.3) is 0 Å². The van der Waals surface area contributed by atoms with Gasteiger partial charge in [-0.15, -0.1) is 10.2 Å². The van der Waals surface area contributed by atoms with E-state index in [4.69, 9.17) is 0 Å². The van der Waals surface area contributed by atoms with Crippen LogP contribution in [0.5, 0.6) is 0 Å². The van der Waals surface area contributed by atoms with Crippen molar-refractivity contribution in [3.63, 3.8) is 0 Å². The van der Waals surface area contributed by atoms with E-state index in [0.717, 1.165) is 36.8 Å². The molecule has 7 heteroatoms. The lowest BCUT2D eigenvalue weighted by molar-refractivity contribution is 0.0691. The summed E-state index contributed by atoms with van der Waals surface area (Å²) in [5.74, 6) is 0.0261. The third-order valence-corrected chi connectivity index (χ3v) is 4.59. The molecule has 3 heterocycles. The normalized spacial score (nSPS) is 14.5. The van der Waals surface area contributed by atoms with Crippen LogP contribution in [-0.2, 0) is 13.0 Å². The summed E-state index contributed by atoms with van der Waals surface area (Å²) >= 11 is 1.28. The number of hydrogen-bond donors (Lipinski definition) is 1. The van der Waals surface area contributed by atoms with E-state index in [1.807, 2.05) is 0 Å². The first-order chi connectivity index (χ1) is 10.2. The van der Waals surface area contributed by atoms with Crippen LogP contribution in [0, 0.1) is 6.92 Å². The van der Waals surface area contributed by atoms with Gasteiger partial charge < -0.3 is 9.67 Å². The predicted octanol–water partition coefficient (Wildman–Crippen LogP) is 2.56. The number of aromatic carboxylic acids is 1. The van der Waals surface area contributed by atoms with Crippen molar-refractivity contribution in [1.82, 2.24) is 19.7 Å². The molecule has 0 bridgehead atoms. The van der Waals surface area contributed by atoms with Gasteiger partial charge in [-0.1, -0.05) is 6.42 Å². The number of fused-ring (bicyclic) bond motifs is 1. The quantitative estimate of drug-likeness (QED) is 0.938. The van der Waals surface area contributed by atoms with E-state index < -0.39 is 5.97 Å². The highest BCUT2D eigenvalue weighted by Crippen LogP contribution is 2.30. The van der Waals surface area contributed by atoms with Crippen molar-refractivity contribution >= 4 is 17.7 Å². The van der Waals surface area contributed by atoms with Crippen molar-refractivity contribution in [2.24, 2.45) is 0 Å². The molecule has 0 aliphatic carbocycles. The van der Waals surface area contributed by atoms with Gasteiger partial charge in [0, 0.05) is 19.2 Å². The molecule has 0 fully saturated rings. The van der Waals surface area contributed by atoms with Crippen LogP contribution >= 0.6 is 11.8 Å². The monoisotopic (exact) mass is 304 g/mol. The highest BCUT2D eigenvalue weighted by atomic mass is 32.2. The van der Waals surface area contributed by atoms with E-state index in [1.165, 1.54) is 18.2 Å². The second kappa shape index (κ2) is 5.85. The highest BCUT2D eigenvalue weighted by molar-refractivity contribution is 7.99. The van der Waals surface area contributed by atoms with Gasteiger partial charge in [0.1, 0.15) is 10.9 Å². The summed E-state index contributed by atoms with van der Waals surface area (Å²) in [6.45, 7) is 2.67. The Hall–Kier alpha value is -1.89. The number of carboxylic acids is 1. The summed E-state index contributed by atoms with van der Waals surface area (Å²) in [5, 5.41) is 19.0. The van der Waals surface area contributed by atoms with Gasteiger partial charge >= 0.3 is 5.97 Å². The maximum absolute atomic E-state index is 11.4. The van der Waals surface area contributed by atoms with Gasteiger partial charge in [-0.25, -0.2) is 9.78 Å². The molecule has 2 aromatic rings. The Morgan fingerprint density at radius 1 is 1.33 bits per heavy atom. The molecule has 0 unspecified atom stereocenters. The summed E-state index contributed by atoms with van der Waals surface area (Å²) in [6, 6.07) is 1.71. The van der Waals surface area contributed by atoms with E-state index in [0.29, 0.717) is 10.6 Å². The molecule has 0 saturated heterocycles. The zero-order valence-electron chi connectivity index (χ0n) is 11.7. The van der Waals surface area contributed by atoms with E-state index >= 15 is 0 Å². The predicted molar refractivity (Wildman–Crippen MR) is 77.6 cm³/mol. The zero-order valence-corrected chi connectivity index (χ0v) is 12.6. The first-order valence-electron chi connectivity index (χ1n) is 6.95. The number of carboxylic acid groups (broad SMARTS) is 1. The largest absolute Gasteiger partial charge is 0.478 e. The fourth-order valence-electron chi connectivity index (χ4n) is 2.49. The molecule has 0 aromatic carbocycles. The van der Waals surface area contributed by atoms with E-state index in [9.17, 15) is 9.90 Å². The maximum Gasteiger partial charge on any atom is 0.338 e. The van der Waals surface area contributed by atoms with Gasteiger partial charge in [-0.2, -0.15) is 0 Å². The van der Waals surface area contributed by atoms with Crippen LogP contribution in [0.3, 0.4) is 0 Å². The van der Waals surface area contributed by atoms with Gasteiger partial charge in [0.25, 0.3) is 0 Å². The Bertz CT molecular complexity index is 684. The Kier molecular flexibility index (Phi) is 3.92. The Labute approximate surface area is 126 Å². The molecule has 0 radical (unpaired) electrons. The van der Waals surface area contributed by atoms with E-state index in [-0.39, 0.29) is 5.56 Å². The molecule has 110 valence electrons. The average Bonchev–Trinajstić information content (AvgIpc) is 2.68. The zero-order chi connectivity index (χ0) is 14.8. The van der Waals surface area contributed by atoms with Crippen LogP contribution in [0.2, 0.25) is 0 Å². The van der Waals surface area contributed by atoms with Crippen LogP contribution in [0.4, 0.5) is 0 Å². The number of aryl methyl sites for hydroxylation is 2. The topological polar surface area (TPSA) is 80.9 Å². The Balaban J connectivity index is 1.96. The van der Waals surface area contributed by atoms with Crippen molar-refractivity contribution in [2.75, 3.05) is 0 Å². The summed E-state index contributed by atoms with van der Waals surface area (Å²) in [7, 11) is 0. The van der Waals surface area contributed by atoms with Crippen LogP contribution in [0.15, 0.2) is 22.4 Å². The summed E-state index contributed by atoms with van der Waals surface area (Å²) in [6.07, 6.45) is 5.98. The number of rotatable bonds is 3. The number of carbonyl (C=O) groups is 1. The molecule has 0 atom stereocenters. The van der Waals surface area contributed by atoms with Crippen molar-refractivity contribution in [3.8, 4) is 0 Å². The molecule has 2 aromatic heterocycles. The molecule has 3 rings (SSSR count). The summed E-state index contributed by atoms with van der Waals surface area (Å²) in [4.78, 5) is 15.6. The number of pyridine rings is 1. The Morgan fingerprint density at radius 2 is 2.19 bits per heavy atom. The average molecular weight is 304 g/mol. The number of aromatic nitrogens is 4. The smallest absolute Gasteiger partial charge is 0.338 e. The Morgan fingerprint density at radius 3 is 3.00 bits per heavy atom. The molecule has 0 saturated carbocycles. The minimum atomic E-state index is -0.960. The van der Waals surface area contributed by atoms with Gasteiger partial charge in [-0.3, -0.25) is 0 Å². The number of nitrogens with zero attached hydrogens (tertiary/aromatic N) is 4.